The van der Waals surface area contributed by atoms with Gasteiger partial charge < -0.3 is 20.1 Å². The molecular formula is C28H20ClF3N2O4. The van der Waals surface area contributed by atoms with Crippen molar-refractivity contribution in [3.05, 3.63) is 113 Å². The SMILES string of the molecule is CN(c1ccc(Cl)cc1)c1ccc(C(=O)c2cc(Nc3ccccc3OC(F)(F)F)cc(C(=O)O)c2)cc1. The number of carbonyl (C=O) groups excluding carboxylic acids is 1. The quantitative estimate of drug-likeness (QED) is 0.223. The zero-order chi connectivity index (χ0) is 27.4. The molecular weight excluding hydrogens is 521 g/mol. The van der Waals surface area contributed by atoms with Crippen LogP contribution in [-0.2, 0) is 0 Å². The Labute approximate surface area is 220 Å². The molecule has 0 radical (unpaired) electrons. The number of ether oxygens (including phenoxy) is 1. The predicted octanol–water partition coefficient (Wildman–Crippen LogP) is 7.68. The summed E-state index contributed by atoms with van der Waals surface area (Å²) < 4.78 is 42.4. The number of hydrogen-bond acceptors (Lipinski definition) is 5. The summed E-state index contributed by atoms with van der Waals surface area (Å²) in [5.74, 6) is -2.27. The number of benzene rings is 4. The minimum absolute atomic E-state index is 0.0421. The third kappa shape index (κ3) is 6.43. The highest BCUT2D eigenvalue weighted by Gasteiger charge is 2.32. The van der Waals surface area contributed by atoms with Crippen molar-refractivity contribution >= 4 is 46.1 Å². The summed E-state index contributed by atoms with van der Waals surface area (Å²) in [4.78, 5) is 26.9. The number of nitrogens with one attached hydrogen (secondary N) is 1. The minimum atomic E-state index is -4.92. The molecule has 194 valence electrons. The largest absolute Gasteiger partial charge is 0.573 e. The van der Waals surface area contributed by atoms with E-state index in [1.165, 1.54) is 36.4 Å². The van der Waals surface area contributed by atoms with Crippen molar-refractivity contribution < 1.29 is 32.6 Å². The maximum absolute atomic E-state index is 13.2. The van der Waals surface area contributed by atoms with Crippen molar-refractivity contribution in [1.82, 2.24) is 0 Å². The molecule has 0 bridgehead atoms. The van der Waals surface area contributed by atoms with Crippen molar-refractivity contribution in [3.63, 3.8) is 0 Å². The summed E-state index contributed by atoms with van der Waals surface area (Å²) in [6.45, 7) is 0. The molecule has 0 aromatic heterocycles. The predicted molar refractivity (Wildman–Crippen MR) is 139 cm³/mol. The van der Waals surface area contributed by atoms with Crippen molar-refractivity contribution in [3.8, 4) is 5.75 Å². The molecule has 4 aromatic rings. The molecule has 0 aliphatic carbocycles. The van der Waals surface area contributed by atoms with Crippen LogP contribution in [-0.4, -0.2) is 30.3 Å². The number of aromatic carboxylic acids is 1. The molecule has 0 fully saturated rings. The Balaban J connectivity index is 1.62. The molecule has 0 aliphatic rings. The van der Waals surface area contributed by atoms with Gasteiger partial charge in [0.15, 0.2) is 11.5 Å². The molecule has 38 heavy (non-hydrogen) atoms. The Hall–Kier alpha value is -4.50. The van der Waals surface area contributed by atoms with Gasteiger partial charge in [-0.25, -0.2) is 4.79 Å². The summed E-state index contributed by atoms with van der Waals surface area (Å²) in [6, 6.07) is 23.0. The van der Waals surface area contributed by atoms with Crippen molar-refractivity contribution in [2.75, 3.05) is 17.3 Å². The number of ketones is 1. The number of para-hydroxylation sites is 2. The van der Waals surface area contributed by atoms with Gasteiger partial charge in [0, 0.05) is 40.3 Å². The monoisotopic (exact) mass is 540 g/mol. The van der Waals surface area contributed by atoms with Gasteiger partial charge in [0.05, 0.1) is 11.3 Å². The summed E-state index contributed by atoms with van der Waals surface area (Å²) in [6.07, 6.45) is -4.92. The van der Waals surface area contributed by atoms with Crippen LogP contribution in [0.15, 0.2) is 91.0 Å². The normalized spacial score (nSPS) is 11.1. The summed E-state index contributed by atoms with van der Waals surface area (Å²) in [5, 5.41) is 12.9. The lowest BCUT2D eigenvalue weighted by molar-refractivity contribution is -0.274. The average molecular weight is 541 g/mol. The zero-order valence-electron chi connectivity index (χ0n) is 19.8. The molecule has 6 nitrogen and oxygen atoms in total. The van der Waals surface area contributed by atoms with Gasteiger partial charge in [-0.3, -0.25) is 4.79 Å². The van der Waals surface area contributed by atoms with Gasteiger partial charge in [-0.05, 0) is 78.9 Å². The summed E-state index contributed by atoms with van der Waals surface area (Å²) in [7, 11) is 1.86. The molecule has 4 rings (SSSR count). The number of nitrogens with zero attached hydrogens (tertiary/aromatic N) is 1. The van der Waals surface area contributed by atoms with Gasteiger partial charge in [0.25, 0.3) is 0 Å². The number of carbonyl (C=O) groups is 2. The Morgan fingerprint density at radius 1 is 0.842 bits per heavy atom. The van der Waals surface area contributed by atoms with E-state index in [0.717, 1.165) is 17.4 Å². The van der Waals surface area contributed by atoms with Crippen LogP contribution >= 0.6 is 11.6 Å². The van der Waals surface area contributed by atoms with Crippen LogP contribution in [0.4, 0.5) is 35.9 Å². The van der Waals surface area contributed by atoms with E-state index < -0.39 is 23.9 Å². The standard InChI is InChI=1S/C28H20ClF3N2O4/c1-34(23-12-8-20(29)9-13-23)22-10-6-17(7-11-22)26(35)18-14-19(27(36)37)16-21(15-18)33-24-4-2-3-5-25(24)38-28(30,31)32/h2-16,33H,1H3,(H,36,37). The lowest BCUT2D eigenvalue weighted by Gasteiger charge is -2.20. The van der Waals surface area contributed by atoms with Gasteiger partial charge in [0.2, 0.25) is 0 Å². The smallest absolute Gasteiger partial charge is 0.478 e. The van der Waals surface area contributed by atoms with E-state index in [2.05, 4.69) is 10.1 Å². The fourth-order valence-electron chi connectivity index (χ4n) is 3.71. The average Bonchev–Trinajstić information content (AvgIpc) is 2.88. The number of carboxylic acids is 1. The Morgan fingerprint density at radius 3 is 2.03 bits per heavy atom. The van der Waals surface area contributed by atoms with Gasteiger partial charge in [0.1, 0.15) is 0 Å². The van der Waals surface area contributed by atoms with E-state index in [9.17, 15) is 27.9 Å². The number of alkyl halides is 3. The first kappa shape index (κ1) is 26.6. The van der Waals surface area contributed by atoms with E-state index in [-0.39, 0.29) is 22.5 Å². The van der Waals surface area contributed by atoms with E-state index in [0.29, 0.717) is 10.6 Å². The summed E-state index contributed by atoms with van der Waals surface area (Å²) >= 11 is 5.95. The highest BCUT2D eigenvalue weighted by atomic mass is 35.5. The van der Waals surface area contributed by atoms with Crippen LogP contribution in [0.2, 0.25) is 5.02 Å². The van der Waals surface area contributed by atoms with E-state index in [1.54, 1.807) is 36.4 Å². The Bertz CT molecular complexity index is 1470. The molecule has 0 heterocycles. The molecule has 4 aromatic carbocycles. The number of anilines is 4. The molecule has 0 saturated heterocycles. The first-order valence-electron chi connectivity index (χ1n) is 11.1. The molecule has 10 heteroatoms. The lowest BCUT2D eigenvalue weighted by Crippen LogP contribution is -2.17. The Kier molecular flexibility index (Phi) is 7.59. The zero-order valence-corrected chi connectivity index (χ0v) is 20.5. The third-order valence-corrected chi connectivity index (χ3v) is 5.82. The van der Waals surface area contributed by atoms with Crippen LogP contribution < -0.4 is 15.0 Å². The van der Waals surface area contributed by atoms with Crippen LogP contribution in [0.25, 0.3) is 0 Å². The lowest BCUT2D eigenvalue weighted by atomic mass is 10.00. The highest BCUT2D eigenvalue weighted by Crippen LogP contribution is 2.33. The first-order chi connectivity index (χ1) is 18.0. The molecule has 2 N–H and O–H groups in total. The van der Waals surface area contributed by atoms with Crippen LogP contribution in [0.5, 0.6) is 5.75 Å². The molecule has 0 aliphatic heterocycles. The molecule has 0 spiro atoms. The van der Waals surface area contributed by atoms with Crippen molar-refractivity contribution in [2.24, 2.45) is 0 Å². The van der Waals surface area contributed by atoms with Gasteiger partial charge in [-0.15, -0.1) is 13.2 Å². The number of halogens is 4. The van der Waals surface area contributed by atoms with Crippen molar-refractivity contribution in [2.45, 2.75) is 6.36 Å². The molecule has 0 atom stereocenters. The van der Waals surface area contributed by atoms with Crippen molar-refractivity contribution in [1.29, 1.82) is 0 Å². The van der Waals surface area contributed by atoms with Gasteiger partial charge in [-0.2, -0.15) is 0 Å². The minimum Gasteiger partial charge on any atom is -0.478 e. The second-order valence-corrected chi connectivity index (χ2v) is 8.62. The molecule has 0 saturated carbocycles. The first-order valence-corrected chi connectivity index (χ1v) is 11.5. The molecule has 0 amide bonds. The highest BCUT2D eigenvalue weighted by molar-refractivity contribution is 6.30. The van der Waals surface area contributed by atoms with Gasteiger partial charge in [-0.1, -0.05) is 23.7 Å². The van der Waals surface area contributed by atoms with Crippen LogP contribution in [0, 0.1) is 0 Å². The van der Waals surface area contributed by atoms with Crippen LogP contribution in [0.3, 0.4) is 0 Å². The van der Waals surface area contributed by atoms with Crippen LogP contribution in [0.1, 0.15) is 26.3 Å². The van der Waals surface area contributed by atoms with E-state index in [1.807, 2.05) is 24.1 Å². The number of rotatable bonds is 8. The topological polar surface area (TPSA) is 78.9 Å². The fourth-order valence-corrected chi connectivity index (χ4v) is 3.84. The van der Waals surface area contributed by atoms with Gasteiger partial charge >= 0.3 is 12.3 Å². The fraction of sp³-hybridized carbons (Fsp3) is 0.0714. The number of carboxylic acid groups (broad SMARTS) is 1. The van der Waals surface area contributed by atoms with E-state index >= 15 is 0 Å². The second kappa shape index (κ2) is 10.9. The summed E-state index contributed by atoms with van der Waals surface area (Å²) in [5.41, 5.74) is 1.85. The van der Waals surface area contributed by atoms with E-state index in [4.69, 9.17) is 11.6 Å². The number of hydrogen-bond donors (Lipinski definition) is 2. The second-order valence-electron chi connectivity index (χ2n) is 8.18. The Morgan fingerprint density at radius 2 is 1.42 bits per heavy atom. The third-order valence-electron chi connectivity index (χ3n) is 5.56. The maximum Gasteiger partial charge on any atom is 0.573 e. The maximum atomic E-state index is 13.2. The molecule has 0 unspecified atom stereocenters.